The zero-order chi connectivity index (χ0) is 14.5. The minimum atomic E-state index is 0.936. The Bertz CT molecular complexity index is 592. The van der Waals surface area contributed by atoms with Crippen molar-refractivity contribution in [2.75, 3.05) is 18.5 Å². The lowest BCUT2D eigenvalue weighted by Crippen LogP contribution is -2.24. The summed E-state index contributed by atoms with van der Waals surface area (Å²) in [7, 11) is 2.01. The van der Waals surface area contributed by atoms with Gasteiger partial charge in [0.05, 0.1) is 0 Å². The van der Waals surface area contributed by atoms with E-state index in [2.05, 4.69) is 58.7 Å². The number of hydrogen-bond donors (Lipinski definition) is 1. The summed E-state index contributed by atoms with van der Waals surface area (Å²) < 4.78 is 0. The molecule has 1 heterocycles. The van der Waals surface area contributed by atoms with E-state index in [1.54, 1.807) is 0 Å². The van der Waals surface area contributed by atoms with Crippen molar-refractivity contribution in [3.8, 4) is 0 Å². The first-order valence-electron chi connectivity index (χ1n) is 7.92. The third-order valence-electron chi connectivity index (χ3n) is 4.30. The number of fused-ring (bicyclic) bond motifs is 1. The fourth-order valence-corrected chi connectivity index (χ4v) is 3.21. The molecule has 0 saturated carbocycles. The van der Waals surface area contributed by atoms with Crippen LogP contribution < -0.4 is 10.2 Å². The highest BCUT2D eigenvalue weighted by Gasteiger charge is 2.15. The molecule has 1 aliphatic rings. The van der Waals surface area contributed by atoms with E-state index in [0.717, 1.165) is 19.6 Å². The van der Waals surface area contributed by atoms with Crippen molar-refractivity contribution in [2.45, 2.75) is 32.4 Å². The van der Waals surface area contributed by atoms with Gasteiger partial charge in [-0.1, -0.05) is 42.5 Å². The van der Waals surface area contributed by atoms with E-state index in [9.17, 15) is 0 Å². The topological polar surface area (TPSA) is 15.3 Å². The third-order valence-corrected chi connectivity index (χ3v) is 4.30. The van der Waals surface area contributed by atoms with E-state index in [1.807, 2.05) is 7.05 Å². The van der Waals surface area contributed by atoms with Gasteiger partial charge in [0, 0.05) is 25.3 Å². The van der Waals surface area contributed by atoms with Crippen LogP contribution in [0.2, 0.25) is 0 Å². The largest absolute Gasteiger partial charge is 0.367 e. The van der Waals surface area contributed by atoms with Crippen LogP contribution in [0.4, 0.5) is 5.69 Å². The first kappa shape index (κ1) is 14.2. The van der Waals surface area contributed by atoms with Crippen LogP contribution in [0, 0.1) is 0 Å². The molecule has 0 spiro atoms. The summed E-state index contributed by atoms with van der Waals surface area (Å²) in [5.41, 5.74) is 5.76. The Kier molecular flexibility index (Phi) is 4.56. The molecule has 2 nitrogen and oxygen atoms in total. The molecule has 0 atom stereocenters. The Balaban J connectivity index is 1.88. The zero-order valence-electron chi connectivity index (χ0n) is 12.8. The molecule has 21 heavy (non-hydrogen) atoms. The monoisotopic (exact) mass is 280 g/mol. The van der Waals surface area contributed by atoms with Crippen molar-refractivity contribution < 1.29 is 0 Å². The molecule has 2 aromatic rings. The highest BCUT2D eigenvalue weighted by atomic mass is 15.1. The molecule has 2 aromatic carbocycles. The molecular weight excluding hydrogens is 256 g/mol. The lowest BCUT2D eigenvalue weighted by Gasteiger charge is -2.26. The van der Waals surface area contributed by atoms with Crippen LogP contribution in [-0.2, 0) is 19.5 Å². The van der Waals surface area contributed by atoms with E-state index in [-0.39, 0.29) is 0 Å². The van der Waals surface area contributed by atoms with E-state index < -0.39 is 0 Å². The predicted molar refractivity (Wildman–Crippen MR) is 89.6 cm³/mol. The van der Waals surface area contributed by atoms with Crippen molar-refractivity contribution in [1.29, 1.82) is 0 Å². The zero-order valence-corrected chi connectivity index (χ0v) is 12.8. The second-order valence-electron chi connectivity index (χ2n) is 5.81. The molecule has 1 N–H and O–H groups in total. The number of anilines is 1. The number of hydrogen-bond acceptors (Lipinski definition) is 2. The lowest BCUT2D eigenvalue weighted by atomic mass is 10.1. The van der Waals surface area contributed by atoms with Gasteiger partial charge in [-0.15, -0.1) is 0 Å². The quantitative estimate of drug-likeness (QED) is 0.917. The molecule has 0 radical (unpaired) electrons. The van der Waals surface area contributed by atoms with Crippen LogP contribution in [0.15, 0.2) is 48.5 Å². The Morgan fingerprint density at radius 1 is 0.952 bits per heavy atom. The maximum atomic E-state index is 3.27. The van der Waals surface area contributed by atoms with Gasteiger partial charge in [-0.3, -0.25) is 0 Å². The highest BCUT2D eigenvalue weighted by molar-refractivity contribution is 5.55. The summed E-state index contributed by atoms with van der Waals surface area (Å²) >= 11 is 0. The van der Waals surface area contributed by atoms with Crippen molar-refractivity contribution in [1.82, 2.24) is 5.32 Å². The molecule has 0 fully saturated rings. The Hall–Kier alpha value is -1.80. The van der Waals surface area contributed by atoms with E-state index >= 15 is 0 Å². The minimum Gasteiger partial charge on any atom is -0.367 e. The number of rotatable bonds is 4. The predicted octanol–water partition coefficient (Wildman–Crippen LogP) is 3.75. The SMILES string of the molecule is CNCc1ccccc1CN1CCCCc2ccccc21. The van der Waals surface area contributed by atoms with Gasteiger partial charge in [-0.25, -0.2) is 0 Å². The van der Waals surface area contributed by atoms with Crippen LogP contribution in [0.1, 0.15) is 29.5 Å². The summed E-state index contributed by atoms with van der Waals surface area (Å²) in [6.07, 6.45) is 3.79. The van der Waals surface area contributed by atoms with E-state index in [4.69, 9.17) is 0 Å². The molecule has 0 unspecified atom stereocenters. The molecule has 0 aromatic heterocycles. The third kappa shape index (κ3) is 3.27. The number of benzene rings is 2. The summed E-state index contributed by atoms with van der Waals surface area (Å²) in [6, 6.07) is 17.7. The number of nitrogens with zero attached hydrogens (tertiary/aromatic N) is 1. The Morgan fingerprint density at radius 3 is 2.57 bits per heavy atom. The van der Waals surface area contributed by atoms with Crippen molar-refractivity contribution in [3.63, 3.8) is 0 Å². The molecule has 1 aliphatic heterocycles. The van der Waals surface area contributed by atoms with Crippen LogP contribution in [0.3, 0.4) is 0 Å². The molecule has 0 aliphatic carbocycles. The summed E-state index contributed by atoms with van der Waals surface area (Å²) in [5, 5.41) is 3.27. The second kappa shape index (κ2) is 6.77. The van der Waals surface area contributed by atoms with Gasteiger partial charge in [0.1, 0.15) is 0 Å². The molecular formula is C19H24N2. The Labute approximate surface area is 127 Å². The van der Waals surface area contributed by atoms with Gasteiger partial charge in [-0.2, -0.15) is 0 Å². The van der Waals surface area contributed by atoms with Gasteiger partial charge in [0.15, 0.2) is 0 Å². The molecule has 3 rings (SSSR count). The minimum absolute atomic E-state index is 0.936. The van der Waals surface area contributed by atoms with Crippen molar-refractivity contribution >= 4 is 5.69 Å². The number of aryl methyl sites for hydroxylation is 1. The average Bonchev–Trinajstić information content (AvgIpc) is 2.72. The molecule has 0 amide bonds. The van der Waals surface area contributed by atoms with Crippen molar-refractivity contribution in [2.24, 2.45) is 0 Å². The standard InChI is InChI=1S/C19H24N2/c1-20-14-17-10-2-3-11-18(17)15-21-13-7-6-9-16-8-4-5-12-19(16)21/h2-5,8,10-12,20H,6-7,9,13-15H2,1H3. The van der Waals surface area contributed by atoms with Crippen molar-refractivity contribution in [3.05, 3.63) is 65.2 Å². The summed E-state index contributed by atoms with van der Waals surface area (Å²) in [5.74, 6) is 0. The second-order valence-corrected chi connectivity index (χ2v) is 5.81. The summed E-state index contributed by atoms with van der Waals surface area (Å²) in [6.45, 7) is 3.10. The molecule has 110 valence electrons. The molecule has 2 heteroatoms. The lowest BCUT2D eigenvalue weighted by molar-refractivity contribution is 0.708. The number of para-hydroxylation sites is 1. The van der Waals surface area contributed by atoms with Gasteiger partial charge in [0.2, 0.25) is 0 Å². The van der Waals surface area contributed by atoms with Crippen LogP contribution in [0.25, 0.3) is 0 Å². The first-order chi connectivity index (χ1) is 10.4. The maximum Gasteiger partial charge on any atom is 0.0432 e. The average molecular weight is 280 g/mol. The molecule has 0 saturated heterocycles. The smallest absolute Gasteiger partial charge is 0.0432 e. The van der Waals surface area contributed by atoms with Gasteiger partial charge < -0.3 is 10.2 Å². The fourth-order valence-electron chi connectivity index (χ4n) is 3.21. The normalized spacial score (nSPS) is 14.6. The van der Waals surface area contributed by atoms with E-state index in [1.165, 1.54) is 41.6 Å². The van der Waals surface area contributed by atoms with Gasteiger partial charge >= 0.3 is 0 Å². The summed E-state index contributed by atoms with van der Waals surface area (Å²) in [4.78, 5) is 2.55. The van der Waals surface area contributed by atoms with Crippen LogP contribution in [0.5, 0.6) is 0 Å². The highest BCUT2D eigenvalue weighted by Crippen LogP contribution is 2.28. The fraction of sp³-hybridized carbons (Fsp3) is 0.368. The van der Waals surface area contributed by atoms with Gasteiger partial charge in [-0.05, 0) is 49.1 Å². The Morgan fingerprint density at radius 2 is 1.71 bits per heavy atom. The van der Waals surface area contributed by atoms with Crippen LogP contribution in [-0.4, -0.2) is 13.6 Å². The van der Waals surface area contributed by atoms with E-state index in [0.29, 0.717) is 0 Å². The van der Waals surface area contributed by atoms with Gasteiger partial charge in [0.25, 0.3) is 0 Å². The number of nitrogens with one attached hydrogen (secondary N) is 1. The molecule has 0 bridgehead atoms. The first-order valence-corrected chi connectivity index (χ1v) is 7.92. The van der Waals surface area contributed by atoms with Crippen LogP contribution >= 0.6 is 0 Å². The maximum absolute atomic E-state index is 3.27.